The third-order valence-corrected chi connectivity index (χ3v) is 2.51. The van der Waals surface area contributed by atoms with Gasteiger partial charge >= 0.3 is 0 Å². The summed E-state index contributed by atoms with van der Waals surface area (Å²) in [6.07, 6.45) is 6.88. The van der Waals surface area contributed by atoms with Crippen molar-refractivity contribution < 1.29 is 9.90 Å². The van der Waals surface area contributed by atoms with Crippen molar-refractivity contribution >= 4 is 6.29 Å². The zero-order valence-electron chi connectivity index (χ0n) is 8.98. The molecule has 0 bridgehead atoms. The molecule has 0 aliphatic carbocycles. The molecule has 2 heteroatoms. The molecule has 0 aromatic heterocycles. The lowest BCUT2D eigenvalue weighted by molar-refractivity contribution is -0.107. The topological polar surface area (TPSA) is 37.3 Å². The molecule has 0 saturated heterocycles. The predicted molar refractivity (Wildman–Crippen MR) is 61.0 cm³/mol. The number of para-hydroxylation sites is 1. The summed E-state index contributed by atoms with van der Waals surface area (Å²) in [5.74, 6) is 0.394. The quantitative estimate of drug-likeness (QED) is 0.550. The fraction of sp³-hybridized carbons (Fsp3) is 0.462. The van der Waals surface area contributed by atoms with Crippen molar-refractivity contribution in [2.24, 2.45) is 0 Å². The number of carbonyl (C=O) groups is 1. The van der Waals surface area contributed by atoms with E-state index in [-0.39, 0.29) is 0 Å². The number of aryl methyl sites for hydroxylation is 1. The van der Waals surface area contributed by atoms with Crippen LogP contribution in [0.15, 0.2) is 24.3 Å². The van der Waals surface area contributed by atoms with Crippen LogP contribution in [-0.2, 0) is 11.2 Å². The van der Waals surface area contributed by atoms with Crippen molar-refractivity contribution in [3.8, 4) is 5.75 Å². The molecule has 82 valence electrons. The van der Waals surface area contributed by atoms with Gasteiger partial charge in [-0.1, -0.05) is 31.0 Å². The van der Waals surface area contributed by atoms with E-state index in [0.29, 0.717) is 12.2 Å². The molecule has 1 rings (SSSR count). The van der Waals surface area contributed by atoms with E-state index in [4.69, 9.17) is 0 Å². The maximum absolute atomic E-state index is 10.1. The highest BCUT2D eigenvalue weighted by molar-refractivity contribution is 5.48. The molecule has 0 fully saturated rings. The van der Waals surface area contributed by atoms with Crippen molar-refractivity contribution in [1.82, 2.24) is 0 Å². The van der Waals surface area contributed by atoms with Crippen molar-refractivity contribution in [1.29, 1.82) is 0 Å². The molecule has 0 radical (unpaired) electrons. The van der Waals surface area contributed by atoms with E-state index >= 15 is 0 Å². The molecule has 0 aliphatic heterocycles. The summed E-state index contributed by atoms with van der Waals surface area (Å²) in [4.78, 5) is 10.1. The summed E-state index contributed by atoms with van der Waals surface area (Å²) in [5, 5.41) is 9.50. The van der Waals surface area contributed by atoms with Crippen molar-refractivity contribution in [3.63, 3.8) is 0 Å². The predicted octanol–water partition coefficient (Wildman–Crippen LogP) is 3.08. The summed E-state index contributed by atoms with van der Waals surface area (Å²) in [5.41, 5.74) is 1.02. The average Bonchev–Trinajstić information content (AvgIpc) is 2.25. The van der Waals surface area contributed by atoms with Gasteiger partial charge in [-0.05, 0) is 30.9 Å². The first-order chi connectivity index (χ1) is 7.34. The van der Waals surface area contributed by atoms with Crippen LogP contribution in [0.4, 0.5) is 0 Å². The largest absolute Gasteiger partial charge is 0.508 e. The Balaban J connectivity index is 2.15. The monoisotopic (exact) mass is 206 g/mol. The molecule has 0 amide bonds. The first-order valence-corrected chi connectivity index (χ1v) is 5.55. The molecule has 0 heterocycles. The second-order valence-electron chi connectivity index (χ2n) is 3.75. The van der Waals surface area contributed by atoms with Crippen LogP contribution in [0, 0.1) is 0 Å². The SMILES string of the molecule is O=CCCCCCCc1ccccc1O. The second kappa shape index (κ2) is 7.04. The first kappa shape index (κ1) is 11.8. The van der Waals surface area contributed by atoms with Crippen LogP contribution >= 0.6 is 0 Å². The van der Waals surface area contributed by atoms with E-state index in [1.807, 2.05) is 18.2 Å². The van der Waals surface area contributed by atoms with Crippen molar-refractivity contribution in [3.05, 3.63) is 29.8 Å². The van der Waals surface area contributed by atoms with Gasteiger partial charge in [0.1, 0.15) is 12.0 Å². The summed E-state index contributed by atoms with van der Waals surface area (Å²) in [6.45, 7) is 0. The lowest BCUT2D eigenvalue weighted by atomic mass is 10.0. The summed E-state index contributed by atoms with van der Waals surface area (Å²) in [7, 11) is 0. The maximum Gasteiger partial charge on any atom is 0.119 e. The standard InChI is InChI=1S/C13H18O2/c14-11-7-3-1-2-4-8-12-9-5-6-10-13(12)15/h5-6,9-11,15H,1-4,7-8H2. The van der Waals surface area contributed by atoms with Gasteiger partial charge < -0.3 is 9.90 Å². The Morgan fingerprint density at radius 2 is 1.80 bits per heavy atom. The van der Waals surface area contributed by atoms with Gasteiger partial charge in [-0.25, -0.2) is 0 Å². The highest BCUT2D eigenvalue weighted by Crippen LogP contribution is 2.18. The highest BCUT2D eigenvalue weighted by atomic mass is 16.3. The molecule has 0 saturated carbocycles. The normalized spacial score (nSPS) is 10.1. The van der Waals surface area contributed by atoms with E-state index in [0.717, 1.165) is 44.0 Å². The number of phenolic OH excluding ortho intramolecular Hbond substituents is 1. The fourth-order valence-electron chi connectivity index (χ4n) is 1.62. The molecule has 0 unspecified atom stereocenters. The first-order valence-electron chi connectivity index (χ1n) is 5.55. The van der Waals surface area contributed by atoms with Crippen LogP contribution in [0.1, 0.15) is 37.7 Å². The Morgan fingerprint density at radius 3 is 2.53 bits per heavy atom. The van der Waals surface area contributed by atoms with Crippen LogP contribution < -0.4 is 0 Å². The van der Waals surface area contributed by atoms with Crippen molar-refractivity contribution in [2.75, 3.05) is 0 Å². The number of benzene rings is 1. The number of phenols is 1. The van der Waals surface area contributed by atoms with E-state index in [1.165, 1.54) is 0 Å². The van der Waals surface area contributed by atoms with Crippen LogP contribution in [0.2, 0.25) is 0 Å². The summed E-state index contributed by atoms with van der Waals surface area (Å²) >= 11 is 0. The number of hydrogen-bond donors (Lipinski definition) is 1. The Hall–Kier alpha value is -1.31. The summed E-state index contributed by atoms with van der Waals surface area (Å²) in [6, 6.07) is 7.47. The van der Waals surface area contributed by atoms with Crippen LogP contribution in [0.5, 0.6) is 5.75 Å². The van der Waals surface area contributed by atoms with Gasteiger partial charge in [-0.15, -0.1) is 0 Å². The van der Waals surface area contributed by atoms with Gasteiger partial charge in [0.25, 0.3) is 0 Å². The minimum Gasteiger partial charge on any atom is -0.508 e. The molecule has 0 spiro atoms. The van der Waals surface area contributed by atoms with Gasteiger partial charge in [0, 0.05) is 6.42 Å². The number of rotatable bonds is 7. The number of aldehydes is 1. The molecule has 0 atom stereocenters. The molecule has 0 aliphatic rings. The van der Waals surface area contributed by atoms with Gasteiger partial charge in [-0.2, -0.15) is 0 Å². The number of aromatic hydroxyl groups is 1. The van der Waals surface area contributed by atoms with Gasteiger partial charge in [0.05, 0.1) is 0 Å². The highest BCUT2D eigenvalue weighted by Gasteiger charge is 1.98. The van der Waals surface area contributed by atoms with E-state index in [2.05, 4.69) is 0 Å². The summed E-state index contributed by atoms with van der Waals surface area (Å²) < 4.78 is 0. The van der Waals surface area contributed by atoms with Crippen LogP contribution in [0.25, 0.3) is 0 Å². The molecule has 1 N–H and O–H groups in total. The zero-order chi connectivity index (χ0) is 10.9. The maximum atomic E-state index is 10.1. The third-order valence-electron chi connectivity index (χ3n) is 2.51. The zero-order valence-corrected chi connectivity index (χ0v) is 8.98. The lowest BCUT2D eigenvalue weighted by Gasteiger charge is -2.03. The third kappa shape index (κ3) is 4.63. The molecule has 1 aromatic rings. The van der Waals surface area contributed by atoms with E-state index in [1.54, 1.807) is 6.07 Å². The number of carbonyl (C=O) groups excluding carboxylic acids is 1. The molecule has 15 heavy (non-hydrogen) atoms. The van der Waals surface area contributed by atoms with E-state index in [9.17, 15) is 9.90 Å². The van der Waals surface area contributed by atoms with Crippen molar-refractivity contribution in [2.45, 2.75) is 38.5 Å². The Bertz CT molecular complexity index is 294. The fourth-order valence-corrected chi connectivity index (χ4v) is 1.62. The minimum atomic E-state index is 0.394. The second-order valence-corrected chi connectivity index (χ2v) is 3.75. The van der Waals surface area contributed by atoms with Crippen LogP contribution in [0.3, 0.4) is 0 Å². The van der Waals surface area contributed by atoms with E-state index < -0.39 is 0 Å². The molecular formula is C13H18O2. The Morgan fingerprint density at radius 1 is 1.07 bits per heavy atom. The lowest BCUT2D eigenvalue weighted by Crippen LogP contribution is -1.87. The number of hydrogen-bond acceptors (Lipinski definition) is 2. The molecule has 1 aromatic carbocycles. The smallest absolute Gasteiger partial charge is 0.119 e. The minimum absolute atomic E-state index is 0.394. The van der Waals surface area contributed by atoms with Gasteiger partial charge in [0.2, 0.25) is 0 Å². The molecule has 2 nitrogen and oxygen atoms in total. The Kier molecular flexibility index (Phi) is 5.52. The average molecular weight is 206 g/mol. The van der Waals surface area contributed by atoms with Gasteiger partial charge in [0.15, 0.2) is 0 Å². The molecular weight excluding hydrogens is 188 g/mol. The Labute approximate surface area is 90.9 Å². The number of unbranched alkanes of at least 4 members (excludes halogenated alkanes) is 4. The van der Waals surface area contributed by atoms with Crippen LogP contribution in [-0.4, -0.2) is 11.4 Å². The van der Waals surface area contributed by atoms with Gasteiger partial charge in [-0.3, -0.25) is 0 Å².